The molecule has 0 radical (unpaired) electrons. The molecule has 3 nitrogen and oxygen atoms in total. The van der Waals surface area contributed by atoms with E-state index in [9.17, 15) is 8.42 Å². The first kappa shape index (κ1) is 15.2. The maximum atomic E-state index is 11.7. The normalized spacial score (nSPS) is 15.3. The highest BCUT2D eigenvalue weighted by molar-refractivity contribution is 7.92. The van der Waals surface area contributed by atoms with E-state index in [1.54, 1.807) is 20.8 Å². The van der Waals surface area contributed by atoms with Gasteiger partial charge in [0.2, 0.25) is 0 Å². The molecule has 1 atom stereocenters. The van der Waals surface area contributed by atoms with Crippen LogP contribution in [0.2, 0.25) is 0 Å². The van der Waals surface area contributed by atoms with Crippen LogP contribution >= 0.6 is 11.6 Å². The minimum Gasteiger partial charge on any atom is -0.314 e. The van der Waals surface area contributed by atoms with Crippen molar-refractivity contribution < 1.29 is 8.42 Å². The fraction of sp³-hybridized carbons (Fsp3) is 1.00. The van der Waals surface area contributed by atoms with Crippen LogP contribution in [0, 0.1) is 0 Å². The molecule has 0 aromatic heterocycles. The van der Waals surface area contributed by atoms with E-state index in [-0.39, 0.29) is 11.1 Å². The molecule has 1 N–H and O–H groups in total. The summed E-state index contributed by atoms with van der Waals surface area (Å²) in [6.45, 7) is 8.31. The highest BCUT2D eigenvalue weighted by atomic mass is 35.5. The Labute approximate surface area is 98.5 Å². The number of rotatable bonds is 6. The predicted octanol–water partition coefficient (Wildman–Crippen LogP) is 1.81. The highest BCUT2D eigenvalue weighted by Gasteiger charge is 2.27. The van der Waals surface area contributed by atoms with Crippen molar-refractivity contribution in [2.75, 3.05) is 18.8 Å². The van der Waals surface area contributed by atoms with Gasteiger partial charge in [0.25, 0.3) is 0 Å². The fourth-order valence-electron chi connectivity index (χ4n) is 0.916. The van der Waals surface area contributed by atoms with Crippen molar-refractivity contribution in [3.63, 3.8) is 0 Å². The van der Waals surface area contributed by atoms with Gasteiger partial charge >= 0.3 is 0 Å². The standard InChI is InChI=1S/C10H22ClNO2S/c1-5-9(11)8-12-6-7-15(13,14)10(2,3)4/h9,12H,5-8H2,1-4H3. The number of hydrogen-bond donors (Lipinski definition) is 1. The van der Waals surface area contributed by atoms with Gasteiger partial charge < -0.3 is 5.32 Å². The van der Waals surface area contributed by atoms with Crippen molar-refractivity contribution >= 4 is 21.4 Å². The molecule has 0 bridgehead atoms. The van der Waals surface area contributed by atoms with E-state index in [1.165, 1.54) is 0 Å². The third-order valence-electron chi connectivity index (χ3n) is 2.29. The monoisotopic (exact) mass is 255 g/mol. The smallest absolute Gasteiger partial charge is 0.156 e. The Bertz CT molecular complexity index is 270. The molecule has 0 saturated heterocycles. The maximum absolute atomic E-state index is 11.7. The van der Waals surface area contributed by atoms with Crippen molar-refractivity contribution in [1.29, 1.82) is 0 Å². The number of hydrogen-bond acceptors (Lipinski definition) is 3. The second kappa shape index (κ2) is 6.06. The van der Waals surface area contributed by atoms with Gasteiger partial charge in [0.15, 0.2) is 9.84 Å². The third-order valence-corrected chi connectivity index (χ3v) is 5.36. The number of halogens is 1. The van der Waals surface area contributed by atoms with Gasteiger partial charge in [-0.3, -0.25) is 0 Å². The fourth-order valence-corrected chi connectivity index (χ4v) is 2.05. The summed E-state index contributed by atoms with van der Waals surface area (Å²) < 4.78 is 22.7. The molecule has 5 heteroatoms. The number of nitrogens with one attached hydrogen (secondary N) is 1. The van der Waals surface area contributed by atoms with Crippen molar-refractivity contribution in [3.05, 3.63) is 0 Å². The highest BCUT2D eigenvalue weighted by Crippen LogP contribution is 2.15. The number of sulfone groups is 1. The van der Waals surface area contributed by atoms with Gasteiger partial charge in [0, 0.05) is 18.5 Å². The number of alkyl halides is 1. The molecule has 0 amide bonds. The first-order chi connectivity index (χ1) is 6.70. The summed E-state index contributed by atoms with van der Waals surface area (Å²) in [5, 5.41) is 3.14. The minimum atomic E-state index is -3.01. The van der Waals surface area contributed by atoms with Crippen LogP contribution in [-0.2, 0) is 9.84 Å². The summed E-state index contributed by atoms with van der Waals surface area (Å²) in [5.74, 6) is 0.170. The minimum absolute atomic E-state index is 0.0855. The van der Waals surface area contributed by atoms with Crippen LogP contribution in [0.15, 0.2) is 0 Å². The molecular weight excluding hydrogens is 234 g/mol. The Morgan fingerprint density at radius 2 is 1.87 bits per heavy atom. The Hall–Kier alpha value is 0.200. The van der Waals surface area contributed by atoms with Gasteiger partial charge in [-0.1, -0.05) is 6.92 Å². The largest absolute Gasteiger partial charge is 0.314 e. The lowest BCUT2D eigenvalue weighted by Gasteiger charge is -2.19. The van der Waals surface area contributed by atoms with Crippen molar-refractivity contribution in [2.45, 2.75) is 44.2 Å². The van der Waals surface area contributed by atoms with Crippen molar-refractivity contribution in [3.8, 4) is 0 Å². The zero-order valence-corrected chi connectivity index (χ0v) is 11.6. The molecule has 1 unspecified atom stereocenters. The van der Waals surface area contributed by atoms with Gasteiger partial charge in [-0.25, -0.2) is 8.42 Å². The van der Waals surface area contributed by atoms with Gasteiger partial charge in [0.05, 0.1) is 10.5 Å². The van der Waals surface area contributed by atoms with E-state index in [1.807, 2.05) is 6.92 Å². The molecule has 15 heavy (non-hydrogen) atoms. The first-order valence-corrected chi connectivity index (χ1v) is 7.36. The molecule has 0 spiro atoms. The summed E-state index contributed by atoms with van der Waals surface area (Å²) in [7, 11) is -3.01. The molecule has 0 fully saturated rings. The van der Waals surface area contributed by atoms with E-state index >= 15 is 0 Å². The van der Waals surface area contributed by atoms with Gasteiger partial charge in [-0.05, 0) is 27.2 Å². The average Bonchev–Trinajstić information content (AvgIpc) is 2.10. The SMILES string of the molecule is CCC(Cl)CNCCS(=O)(=O)C(C)(C)C. The summed E-state index contributed by atoms with van der Waals surface area (Å²) in [4.78, 5) is 0. The van der Waals surface area contributed by atoms with E-state index in [0.717, 1.165) is 6.42 Å². The molecule has 0 heterocycles. The Morgan fingerprint density at radius 3 is 2.27 bits per heavy atom. The molecule has 92 valence electrons. The Morgan fingerprint density at radius 1 is 1.33 bits per heavy atom. The van der Waals surface area contributed by atoms with Crippen LogP contribution in [0.25, 0.3) is 0 Å². The molecule has 0 rings (SSSR count). The van der Waals surface area contributed by atoms with Gasteiger partial charge in [0.1, 0.15) is 0 Å². The van der Waals surface area contributed by atoms with Gasteiger partial charge in [-0.2, -0.15) is 0 Å². The van der Waals surface area contributed by atoms with Crippen molar-refractivity contribution in [2.24, 2.45) is 0 Å². The van der Waals surface area contributed by atoms with Crippen LogP contribution < -0.4 is 5.32 Å². The second-order valence-corrected chi connectivity index (χ2v) is 8.12. The summed E-state index contributed by atoms with van der Waals surface area (Å²) >= 11 is 5.89. The van der Waals surface area contributed by atoms with E-state index in [4.69, 9.17) is 11.6 Å². The molecule has 0 saturated carbocycles. The zero-order valence-electron chi connectivity index (χ0n) is 10.0. The molecule has 0 aliphatic heterocycles. The summed E-state index contributed by atoms with van der Waals surface area (Å²) in [6, 6.07) is 0. The van der Waals surface area contributed by atoms with Crippen LogP contribution in [0.3, 0.4) is 0 Å². The zero-order chi connectivity index (χ0) is 12.1. The molecule has 0 aromatic carbocycles. The summed E-state index contributed by atoms with van der Waals surface area (Å²) in [5.41, 5.74) is 0. The van der Waals surface area contributed by atoms with Crippen LogP contribution in [-0.4, -0.2) is 37.4 Å². The summed E-state index contributed by atoms with van der Waals surface area (Å²) in [6.07, 6.45) is 0.889. The Kier molecular flexibility index (Phi) is 6.14. The Balaban J connectivity index is 3.88. The van der Waals surface area contributed by atoms with E-state index in [2.05, 4.69) is 5.32 Å². The van der Waals surface area contributed by atoms with Gasteiger partial charge in [-0.15, -0.1) is 11.6 Å². The lowest BCUT2D eigenvalue weighted by molar-refractivity contribution is 0.555. The van der Waals surface area contributed by atoms with Crippen molar-refractivity contribution in [1.82, 2.24) is 5.32 Å². The topological polar surface area (TPSA) is 46.2 Å². The molecule has 0 aliphatic carbocycles. The van der Waals surface area contributed by atoms with E-state index in [0.29, 0.717) is 13.1 Å². The van der Waals surface area contributed by atoms with Crippen LogP contribution in [0.5, 0.6) is 0 Å². The lowest BCUT2D eigenvalue weighted by atomic mass is 10.3. The first-order valence-electron chi connectivity index (χ1n) is 5.28. The maximum Gasteiger partial charge on any atom is 0.156 e. The molecular formula is C10H22ClNO2S. The van der Waals surface area contributed by atoms with E-state index < -0.39 is 14.6 Å². The lowest BCUT2D eigenvalue weighted by Crippen LogP contribution is -2.36. The van der Waals surface area contributed by atoms with Crippen LogP contribution in [0.1, 0.15) is 34.1 Å². The quantitative estimate of drug-likeness (QED) is 0.582. The van der Waals surface area contributed by atoms with Crippen LogP contribution in [0.4, 0.5) is 0 Å². The molecule has 0 aliphatic rings. The third kappa shape index (κ3) is 5.73. The predicted molar refractivity (Wildman–Crippen MR) is 66.3 cm³/mol. The molecule has 0 aromatic rings. The second-order valence-electron chi connectivity index (χ2n) is 4.64. The average molecular weight is 256 g/mol.